The van der Waals surface area contributed by atoms with Crippen molar-refractivity contribution >= 4 is 32.5 Å². The number of carbonyl (C=O) groups excluding carboxylic acids is 1. The first kappa shape index (κ1) is 20.4. The van der Waals surface area contributed by atoms with Crippen LogP contribution in [0.2, 0.25) is 0 Å². The van der Waals surface area contributed by atoms with E-state index in [1.54, 1.807) is 6.07 Å². The predicted octanol–water partition coefficient (Wildman–Crippen LogP) is 1.75. The van der Waals surface area contributed by atoms with Gasteiger partial charge in [-0.05, 0) is 30.7 Å². The van der Waals surface area contributed by atoms with Crippen molar-refractivity contribution < 1.29 is 13.2 Å². The van der Waals surface area contributed by atoms with Crippen LogP contribution in [-0.4, -0.2) is 67.3 Å². The van der Waals surface area contributed by atoms with E-state index >= 15 is 0 Å². The van der Waals surface area contributed by atoms with Gasteiger partial charge in [0.15, 0.2) is 5.69 Å². The quantitative estimate of drug-likeness (QED) is 0.625. The van der Waals surface area contributed by atoms with E-state index in [0.717, 1.165) is 11.2 Å². The molecule has 0 aliphatic carbocycles. The predicted molar refractivity (Wildman–Crippen MR) is 117 cm³/mol. The molecule has 1 fully saturated rings. The van der Waals surface area contributed by atoms with Crippen LogP contribution >= 0.6 is 0 Å². The summed E-state index contributed by atoms with van der Waals surface area (Å²) < 4.78 is 26.9. The Kier molecular flexibility index (Phi) is 5.74. The molecule has 1 aliphatic rings. The molecule has 1 aromatic heterocycles. The maximum absolute atomic E-state index is 12.7. The van der Waals surface area contributed by atoms with Crippen LogP contribution in [-0.2, 0) is 10.0 Å². The lowest BCUT2D eigenvalue weighted by Gasteiger charge is -2.35. The molecule has 0 unspecified atom stereocenters. The molecule has 158 valence electrons. The van der Waals surface area contributed by atoms with E-state index in [1.165, 1.54) is 9.87 Å². The Morgan fingerprint density at radius 1 is 1.10 bits per heavy atom. The van der Waals surface area contributed by atoms with Gasteiger partial charge in [0.05, 0.1) is 11.3 Å². The number of aryl methyl sites for hydroxylation is 1. The van der Waals surface area contributed by atoms with Gasteiger partial charge in [-0.1, -0.05) is 30.3 Å². The second-order valence-corrected chi connectivity index (χ2v) is 9.50. The lowest BCUT2D eigenvalue weighted by atomic mass is 10.2. The largest absolute Gasteiger partial charge is 0.369 e. The van der Waals surface area contributed by atoms with Crippen molar-refractivity contribution in [1.82, 2.24) is 19.8 Å². The first-order valence-electron chi connectivity index (χ1n) is 9.95. The second-order valence-electron chi connectivity index (χ2n) is 7.41. The number of amides is 1. The smallest absolute Gasteiger partial charge is 0.272 e. The summed E-state index contributed by atoms with van der Waals surface area (Å²) in [6.07, 6.45) is 0. The maximum Gasteiger partial charge on any atom is 0.272 e. The van der Waals surface area contributed by atoms with Crippen molar-refractivity contribution in [3.63, 3.8) is 0 Å². The maximum atomic E-state index is 12.7. The van der Waals surface area contributed by atoms with E-state index in [0.29, 0.717) is 31.6 Å². The Labute approximate surface area is 175 Å². The number of aromatic nitrogens is 2. The average Bonchev–Trinajstić information content (AvgIpc) is 3.18. The fraction of sp³-hybridized carbons (Fsp3) is 0.333. The molecular formula is C21H25N5O3S. The van der Waals surface area contributed by atoms with Crippen LogP contribution in [0.15, 0.2) is 48.5 Å². The first-order valence-corrected chi connectivity index (χ1v) is 11.6. The molecule has 2 aromatic carbocycles. The molecular weight excluding hydrogens is 402 g/mol. The number of para-hydroxylation sites is 1. The molecule has 0 saturated carbocycles. The van der Waals surface area contributed by atoms with Crippen LogP contribution in [0.1, 0.15) is 16.1 Å². The van der Waals surface area contributed by atoms with Gasteiger partial charge in [0.1, 0.15) is 0 Å². The summed E-state index contributed by atoms with van der Waals surface area (Å²) in [5.41, 5.74) is 3.34. The van der Waals surface area contributed by atoms with Crippen LogP contribution < -0.4 is 10.2 Å². The van der Waals surface area contributed by atoms with E-state index in [4.69, 9.17) is 0 Å². The van der Waals surface area contributed by atoms with Gasteiger partial charge in [-0.2, -0.15) is 9.40 Å². The minimum Gasteiger partial charge on any atom is -0.369 e. The van der Waals surface area contributed by atoms with E-state index in [1.807, 2.05) is 43.3 Å². The normalized spacial score (nSPS) is 15.4. The number of hydrogen-bond donors (Lipinski definition) is 2. The second kappa shape index (κ2) is 8.45. The minimum atomic E-state index is -3.44. The summed E-state index contributed by atoms with van der Waals surface area (Å²) >= 11 is 0. The monoisotopic (exact) mass is 427 g/mol. The molecule has 1 saturated heterocycles. The zero-order valence-corrected chi connectivity index (χ0v) is 17.7. The molecule has 2 N–H and O–H groups in total. The summed E-state index contributed by atoms with van der Waals surface area (Å²) in [4.78, 5) is 14.6. The Bertz CT molecular complexity index is 1150. The van der Waals surface area contributed by atoms with Crippen molar-refractivity contribution in [3.8, 4) is 0 Å². The zero-order valence-electron chi connectivity index (χ0n) is 16.8. The molecule has 2 heterocycles. The van der Waals surface area contributed by atoms with Gasteiger partial charge in [0, 0.05) is 43.8 Å². The van der Waals surface area contributed by atoms with Gasteiger partial charge >= 0.3 is 0 Å². The molecule has 4 rings (SSSR count). The highest BCUT2D eigenvalue weighted by molar-refractivity contribution is 7.89. The lowest BCUT2D eigenvalue weighted by molar-refractivity contribution is 0.0952. The van der Waals surface area contributed by atoms with Crippen molar-refractivity contribution in [2.45, 2.75) is 6.92 Å². The van der Waals surface area contributed by atoms with Crippen LogP contribution in [0.25, 0.3) is 10.9 Å². The number of nitrogens with one attached hydrogen (secondary N) is 2. The van der Waals surface area contributed by atoms with Crippen LogP contribution in [0.3, 0.4) is 0 Å². The summed E-state index contributed by atoms with van der Waals surface area (Å²) in [6.45, 7) is 4.26. The van der Waals surface area contributed by atoms with Gasteiger partial charge in [-0.25, -0.2) is 8.42 Å². The number of benzene rings is 2. The van der Waals surface area contributed by atoms with Crippen molar-refractivity contribution in [3.05, 3.63) is 59.8 Å². The van der Waals surface area contributed by atoms with Crippen molar-refractivity contribution in [2.75, 3.05) is 43.4 Å². The van der Waals surface area contributed by atoms with Gasteiger partial charge in [-0.3, -0.25) is 9.89 Å². The van der Waals surface area contributed by atoms with Gasteiger partial charge < -0.3 is 10.2 Å². The Balaban J connectivity index is 1.30. The number of anilines is 1. The van der Waals surface area contributed by atoms with Crippen LogP contribution in [0.4, 0.5) is 5.69 Å². The topological polar surface area (TPSA) is 98.4 Å². The Hall–Kier alpha value is -2.91. The van der Waals surface area contributed by atoms with E-state index in [2.05, 4.69) is 26.5 Å². The number of piperazine rings is 1. The third-order valence-electron chi connectivity index (χ3n) is 5.33. The number of carbonyl (C=O) groups is 1. The Morgan fingerprint density at radius 2 is 1.87 bits per heavy atom. The molecule has 0 radical (unpaired) electrons. The molecule has 1 amide bonds. The number of fused-ring (bicyclic) bond motifs is 1. The molecule has 30 heavy (non-hydrogen) atoms. The van der Waals surface area contributed by atoms with E-state index < -0.39 is 10.0 Å². The fourth-order valence-corrected chi connectivity index (χ4v) is 5.03. The molecule has 3 aromatic rings. The van der Waals surface area contributed by atoms with Gasteiger partial charge in [0.25, 0.3) is 5.91 Å². The molecule has 0 bridgehead atoms. The van der Waals surface area contributed by atoms with Gasteiger partial charge in [-0.15, -0.1) is 0 Å². The number of nitrogens with zero attached hydrogens (tertiary/aromatic N) is 3. The summed E-state index contributed by atoms with van der Waals surface area (Å²) in [7, 11) is -3.44. The lowest BCUT2D eigenvalue weighted by Crippen LogP contribution is -2.50. The number of sulfonamides is 1. The SMILES string of the molecule is Cc1cccc(N2CCN(S(=O)(=O)CCNC(=O)c3n[nH]c4ccccc34)CC2)c1. The van der Waals surface area contributed by atoms with E-state index in [9.17, 15) is 13.2 Å². The average molecular weight is 428 g/mol. The molecule has 1 aliphatic heterocycles. The first-order chi connectivity index (χ1) is 14.4. The van der Waals surface area contributed by atoms with Crippen molar-refractivity contribution in [1.29, 1.82) is 0 Å². The summed E-state index contributed by atoms with van der Waals surface area (Å²) in [5.74, 6) is -0.516. The number of hydrogen-bond acceptors (Lipinski definition) is 5. The summed E-state index contributed by atoms with van der Waals surface area (Å²) in [6, 6.07) is 15.5. The van der Waals surface area contributed by atoms with Crippen LogP contribution in [0, 0.1) is 6.92 Å². The zero-order chi connectivity index (χ0) is 21.1. The molecule has 9 heteroatoms. The van der Waals surface area contributed by atoms with Crippen LogP contribution in [0.5, 0.6) is 0 Å². The summed E-state index contributed by atoms with van der Waals surface area (Å²) in [5, 5.41) is 10.2. The molecule has 0 atom stereocenters. The third kappa shape index (κ3) is 4.31. The highest BCUT2D eigenvalue weighted by atomic mass is 32.2. The number of rotatable bonds is 6. The van der Waals surface area contributed by atoms with E-state index in [-0.39, 0.29) is 23.9 Å². The minimum absolute atomic E-state index is 0.0421. The standard InChI is InChI=1S/C21H25N5O3S/c1-16-5-4-6-17(15-16)25-10-12-26(13-11-25)30(28,29)14-9-22-21(27)20-18-7-2-3-8-19(18)23-24-20/h2-8,15H,9-14H2,1H3,(H,22,27)(H,23,24). The van der Waals surface area contributed by atoms with Crippen molar-refractivity contribution in [2.24, 2.45) is 0 Å². The number of aromatic amines is 1. The third-order valence-corrected chi connectivity index (χ3v) is 7.20. The molecule has 0 spiro atoms. The van der Waals surface area contributed by atoms with Gasteiger partial charge in [0.2, 0.25) is 10.0 Å². The molecule has 8 nitrogen and oxygen atoms in total. The fourth-order valence-electron chi connectivity index (χ4n) is 3.69. The highest BCUT2D eigenvalue weighted by Crippen LogP contribution is 2.19. The highest BCUT2D eigenvalue weighted by Gasteiger charge is 2.27. The Morgan fingerprint density at radius 3 is 2.63 bits per heavy atom. The number of H-pyrrole nitrogens is 1.